The third-order valence-corrected chi connectivity index (χ3v) is 4.10. The van der Waals surface area contributed by atoms with Crippen LogP contribution in [0.15, 0.2) is 22.0 Å². The van der Waals surface area contributed by atoms with Crippen LogP contribution in [-0.4, -0.2) is 27.3 Å². The van der Waals surface area contributed by atoms with Crippen molar-refractivity contribution in [2.45, 2.75) is 18.7 Å². The number of hydrogen-bond acceptors (Lipinski definition) is 3. The Hall–Kier alpha value is -1.93. The number of carbonyl (C=O) groups excluding carboxylic acids is 1. The van der Waals surface area contributed by atoms with E-state index in [0.29, 0.717) is 11.1 Å². The Morgan fingerprint density at radius 2 is 1.84 bits per heavy atom. The van der Waals surface area contributed by atoms with Crippen molar-refractivity contribution in [1.29, 1.82) is 0 Å². The van der Waals surface area contributed by atoms with Gasteiger partial charge in [0.15, 0.2) is 5.96 Å². The van der Waals surface area contributed by atoms with Crippen molar-refractivity contribution in [2.24, 2.45) is 16.5 Å². The van der Waals surface area contributed by atoms with E-state index in [-0.39, 0.29) is 17.8 Å². The van der Waals surface area contributed by atoms with Gasteiger partial charge in [-0.05, 0) is 38.1 Å². The minimum Gasteiger partial charge on any atom is -0.370 e. The van der Waals surface area contributed by atoms with Gasteiger partial charge < -0.3 is 11.5 Å². The number of amides is 1. The Bertz CT molecular complexity index is 652. The average Bonchev–Trinajstić information content (AvgIpc) is 2.27. The Morgan fingerprint density at radius 1 is 1.26 bits per heavy atom. The zero-order valence-electron chi connectivity index (χ0n) is 10.9. The molecule has 0 spiro atoms. The summed E-state index contributed by atoms with van der Waals surface area (Å²) in [5, 5.41) is 0. The highest BCUT2D eigenvalue weighted by atomic mass is 32.2. The van der Waals surface area contributed by atoms with Crippen LogP contribution < -0.4 is 16.2 Å². The number of nitrogens with one attached hydrogen (secondary N) is 1. The molecule has 0 unspecified atom stereocenters. The van der Waals surface area contributed by atoms with Crippen LogP contribution in [0.3, 0.4) is 0 Å². The predicted octanol–water partition coefficient (Wildman–Crippen LogP) is -0.129. The molecule has 0 radical (unpaired) electrons. The maximum atomic E-state index is 11.8. The molecule has 19 heavy (non-hydrogen) atoms. The zero-order valence-corrected chi connectivity index (χ0v) is 11.7. The van der Waals surface area contributed by atoms with Gasteiger partial charge in [-0.2, -0.15) is 4.99 Å². The summed E-state index contributed by atoms with van der Waals surface area (Å²) < 4.78 is 25.8. The van der Waals surface area contributed by atoms with Gasteiger partial charge in [0, 0.05) is 6.99 Å². The summed E-state index contributed by atoms with van der Waals surface area (Å²) in [6.45, 7) is 3.32. The van der Waals surface area contributed by atoms with Gasteiger partial charge in [-0.15, -0.1) is 0 Å². The maximum Gasteiger partial charge on any atom is 0.280 e. The number of nitrogens with two attached hydrogens (primary N) is 2. The number of aliphatic imine (C=N–C) groups is 1. The molecule has 5 N–H and O–H groups in total. The summed E-state index contributed by atoms with van der Waals surface area (Å²) in [6, 6.07) is 2.87. The third-order valence-electron chi connectivity index (χ3n) is 2.54. The monoisotopic (exact) mass is 286 g/mol. The van der Waals surface area contributed by atoms with Crippen molar-refractivity contribution in [3.63, 3.8) is 0 Å². The molecule has 1 rings (SSSR count). The summed E-state index contributed by atoms with van der Waals surface area (Å²) in [6.07, 6.45) is 0. The van der Waals surface area contributed by atoms with Crippen LogP contribution in [0.25, 0.3) is 0 Å². The van der Waals surface area contributed by atoms with Gasteiger partial charge in [0.05, 0.1) is 4.90 Å². The van der Waals surface area contributed by atoms with Gasteiger partial charge in [-0.3, -0.25) is 4.79 Å². The van der Waals surface area contributed by atoms with Crippen LogP contribution in [0.4, 0.5) is 0 Å². The number of guanidine groups is 1. The fourth-order valence-electron chi connectivity index (χ4n) is 1.64. The molecule has 1 aromatic carbocycles. The number of carbonyl (C=O) groups is 1. The molecule has 0 atom stereocenters. The molecule has 0 saturated carbocycles. The van der Waals surface area contributed by atoms with Crippen LogP contribution in [0.1, 0.15) is 22.9 Å². The van der Waals surface area contributed by atoms with E-state index in [2.05, 4.69) is 9.71 Å². The summed E-state index contributed by atoms with van der Waals surface area (Å²) in [5.74, 6) is -1.05. The number of sulfonamides is 1. The Kier molecular flexibility index (Phi) is 4.28. The first-order chi connectivity index (χ1) is 8.69. The molecular formula is C11H18N4O3S. The SMILES string of the molecule is CNS(=O)(=O)c1cc(C(=O)N=C(N)N)c(C)cc1C.[HH]. The van der Waals surface area contributed by atoms with Crippen molar-refractivity contribution in [3.05, 3.63) is 28.8 Å². The second kappa shape index (κ2) is 5.37. The third kappa shape index (κ3) is 3.30. The normalized spacial score (nSPS) is 11.1. The van der Waals surface area contributed by atoms with Gasteiger partial charge in [0.2, 0.25) is 10.0 Å². The molecule has 106 valence electrons. The fraction of sp³-hybridized carbons (Fsp3) is 0.273. The molecule has 7 nitrogen and oxygen atoms in total. The van der Waals surface area contributed by atoms with Crippen LogP contribution in [0.2, 0.25) is 0 Å². The van der Waals surface area contributed by atoms with E-state index in [9.17, 15) is 13.2 Å². The first-order valence-electron chi connectivity index (χ1n) is 5.37. The lowest BCUT2D eigenvalue weighted by molar-refractivity contribution is 0.100. The second-order valence-electron chi connectivity index (χ2n) is 3.98. The van der Waals surface area contributed by atoms with Gasteiger partial charge >= 0.3 is 0 Å². The van der Waals surface area contributed by atoms with Crippen molar-refractivity contribution in [2.75, 3.05) is 7.05 Å². The molecule has 0 aliphatic heterocycles. The Morgan fingerprint density at radius 3 is 2.32 bits per heavy atom. The van der Waals surface area contributed by atoms with Crippen molar-refractivity contribution >= 4 is 21.9 Å². The maximum absolute atomic E-state index is 11.8. The number of hydrogen-bond donors (Lipinski definition) is 3. The van der Waals surface area contributed by atoms with Gasteiger partial charge in [-0.25, -0.2) is 13.1 Å². The standard InChI is InChI=1S/C11H16N4O3S.H2/c1-6-4-7(2)9(19(17,18)14-3)5-8(6)10(16)15-11(12)13;/h4-5,14H,1-3H3,(H4,12,13,15,16);1H. The molecule has 0 aromatic heterocycles. The van der Waals surface area contributed by atoms with Crippen LogP contribution >= 0.6 is 0 Å². The van der Waals surface area contributed by atoms with E-state index < -0.39 is 15.9 Å². The molecule has 0 aliphatic carbocycles. The quantitative estimate of drug-likeness (QED) is 0.527. The van der Waals surface area contributed by atoms with E-state index in [0.717, 1.165) is 0 Å². The van der Waals surface area contributed by atoms with Gasteiger partial charge in [0.1, 0.15) is 0 Å². The van der Waals surface area contributed by atoms with E-state index in [1.54, 1.807) is 19.9 Å². The molecule has 1 aromatic rings. The Balaban J connectivity index is 0.00000361. The van der Waals surface area contributed by atoms with Gasteiger partial charge in [-0.1, -0.05) is 6.07 Å². The predicted molar refractivity (Wildman–Crippen MR) is 74.4 cm³/mol. The summed E-state index contributed by atoms with van der Waals surface area (Å²) >= 11 is 0. The smallest absolute Gasteiger partial charge is 0.280 e. The average molecular weight is 286 g/mol. The van der Waals surface area contributed by atoms with Crippen LogP contribution in [0, 0.1) is 13.8 Å². The molecular weight excluding hydrogens is 268 g/mol. The number of benzene rings is 1. The number of rotatable bonds is 3. The highest BCUT2D eigenvalue weighted by Crippen LogP contribution is 2.21. The molecule has 0 saturated heterocycles. The first-order valence-corrected chi connectivity index (χ1v) is 6.86. The van der Waals surface area contributed by atoms with Crippen molar-refractivity contribution in [1.82, 2.24) is 4.72 Å². The molecule has 0 fully saturated rings. The minimum absolute atomic E-state index is 0. The van der Waals surface area contributed by atoms with E-state index >= 15 is 0 Å². The lowest BCUT2D eigenvalue weighted by Crippen LogP contribution is -2.24. The first kappa shape index (κ1) is 15.1. The lowest BCUT2D eigenvalue weighted by Gasteiger charge is -2.10. The number of nitrogens with zero attached hydrogens (tertiary/aromatic N) is 1. The highest BCUT2D eigenvalue weighted by molar-refractivity contribution is 7.89. The molecule has 0 heterocycles. The minimum atomic E-state index is -3.64. The largest absolute Gasteiger partial charge is 0.370 e. The number of aryl methyl sites for hydroxylation is 2. The van der Waals surface area contributed by atoms with Crippen molar-refractivity contribution in [3.8, 4) is 0 Å². The summed E-state index contributed by atoms with van der Waals surface area (Å²) in [4.78, 5) is 15.2. The van der Waals surface area contributed by atoms with Gasteiger partial charge in [0.25, 0.3) is 5.91 Å². The van der Waals surface area contributed by atoms with E-state index in [1.807, 2.05) is 0 Å². The molecule has 0 bridgehead atoms. The van der Waals surface area contributed by atoms with E-state index in [1.165, 1.54) is 13.1 Å². The summed E-state index contributed by atoms with van der Waals surface area (Å²) in [5.41, 5.74) is 11.6. The molecule has 0 aliphatic rings. The zero-order chi connectivity index (χ0) is 14.8. The van der Waals surface area contributed by atoms with Crippen LogP contribution in [0.5, 0.6) is 0 Å². The second-order valence-corrected chi connectivity index (χ2v) is 5.84. The Labute approximate surface area is 113 Å². The lowest BCUT2D eigenvalue weighted by atomic mass is 10.1. The van der Waals surface area contributed by atoms with Crippen LogP contribution in [-0.2, 0) is 10.0 Å². The molecule has 1 amide bonds. The topological polar surface area (TPSA) is 128 Å². The fourth-order valence-corrected chi connectivity index (χ4v) is 2.62. The highest BCUT2D eigenvalue weighted by Gasteiger charge is 2.19. The van der Waals surface area contributed by atoms with Crippen molar-refractivity contribution < 1.29 is 14.6 Å². The molecule has 8 heteroatoms. The summed E-state index contributed by atoms with van der Waals surface area (Å²) in [7, 11) is -2.35. The van der Waals surface area contributed by atoms with E-state index in [4.69, 9.17) is 11.5 Å².